The lowest BCUT2D eigenvalue weighted by Gasteiger charge is -2.29. The number of nitrogens with zero attached hydrogens (tertiary/aromatic N) is 2. The van der Waals surface area contributed by atoms with Crippen LogP contribution in [0, 0.1) is 0 Å². The van der Waals surface area contributed by atoms with Gasteiger partial charge in [-0.25, -0.2) is 0 Å². The summed E-state index contributed by atoms with van der Waals surface area (Å²) in [4.78, 5) is 17.2. The normalized spacial score (nSPS) is 19.6. The van der Waals surface area contributed by atoms with Crippen molar-refractivity contribution in [2.24, 2.45) is 0 Å². The summed E-state index contributed by atoms with van der Waals surface area (Å²) >= 11 is 0. The second-order valence-electron chi connectivity index (χ2n) is 7.89. The van der Waals surface area contributed by atoms with Crippen LogP contribution in [0.3, 0.4) is 0 Å². The van der Waals surface area contributed by atoms with E-state index >= 15 is 0 Å². The molecule has 0 saturated carbocycles. The van der Waals surface area contributed by atoms with Crippen LogP contribution >= 0.6 is 0 Å². The Kier molecular flexibility index (Phi) is 5.83. The summed E-state index contributed by atoms with van der Waals surface area (Å²) < 4.78 is 11.9. The fourth-order valence-electron chi connectivity index (χ4n) is 4.33. The summed E-state index contributed by atoms with van der Waals surface area (Å²) in [6.07, 6.45) is 4.18. The van der Waals surface area contributed by atoms with Gasteiger partial charge in [-0.3, -0.25) is 9.69 Å². The summed E-state index contributed by atoms with van der Waals surface area (Å²) in [6, 6.07) is 10.3. The van der Waals surface area contributed by atoms with Gasteiger partial charge in [0.25, 0.3) is 5.91 Å². The SMILES string of the molecule is CCc1oc(C(=O)N(C)CC2OCCc3ccccc32)cc1CN1CCCC1. The molecule has 5 nitrogen and oxygen atoms in total. The van der Waals surface area contributed by atoms with Crippen molar-refractivity contribution in [3.05, 3.63) is 58.5 Å². The Morgan fingerprint density at radius 1 is 1.25 bits per heavy atom. The monoisotopic (exact) mass is 382 g/mol. The lowest BCUT2D eigenvalue weighted by atomic mass is 9.97. The summed E-state index contributed by atoms with van der Waals surface area (Å²) in [5, 5.41) is 0. The molecule has 1 fully saturated rings. The fraction of sp³-hybridized carbons (Fsp3) is 0.522. The fourth-order valence-corrected chi connectivity index (χ4v) is 4.33. The molecule has 3 heterocycles. The molecule has 1 atom stereocenters. The molecule has 0 N–H and O–H groups in total. The molecule has 2 aliphatic heterocycles. The van der Waals surface area contributed by atoms with Gasteiger partial charge < -0.3 is 14.1 Å². The summed E-state index contributed by atoms with van der Waals surface area (Å²) in [5.41, 5.74) is 3.66. The lowest BCUT2D eigenvalue weighted by molar-refractivity contribution is 0.0191. The van der Waals surface area contributed by atoms with E-state index in [0.717, 1.165) is 43.8 Å². The zero-order valence-electron chi connectivity index (χ0n) is 16.9. The molecule has 1 aromatic heterocycles. The maximum atomic E-state index is 13.0. The van der Waals surface area contributed by atoms with Gasteiger partial charge in [0, 0.05) is 25.6 Å². The van der Waals surface area contributed by atoms with E-state index in [1.165, 1.54) is 24.0 Å². The molecule has 1 unspecified atom stereocenters. The Labute approximate surface area is 167 Å². The first-order valence-corrected chi connectivity index (χ1v) is 10.4. The summed E-state index contributed by atoms with van der Waals surface area (Å²) in [7, 11) is 1.83. The van der Waals surface area contributed by atoms with E-state index in [1.54, 1.807) is 4.90 Å². The molecule has 28 heavy (non-hydrogen) atoms. The molecule has 5 heteroatoms. The molecular formula is C23H30N2O3. The zero-order valence-corrected chi connectivity index (χ0v) is 16.9. The lowest BCUT2D eigenvalue weighted by Crippen LogP contribution is -2.33. The highest BCUT2D eigenvalue weighted by atomic mass is 16.5. The first kappa shape index (κ1) is 19.2. The first-order valence-electron chi connectivity index (χ1n) is 10.4. The number of ether oxygens (including phenoxy) is 1. The largest absolute Gasteiger partial charge is 0.456 e. The number of rotatable bonds is 6. The van der Waals surface area contributed by atoms with Crippen molar-refractivity contribution in [2.75, 3.05) is 33.3 Å². The standard InChI is InChI=1S/C23H30N2O3/c1-3-20-18(15-25-11-6-7-12-25)14-21(28-20)23(26)24(2)16-22-19-9-5-4-8-17(19)10-13-27-22/h4-5,8-9,14,22H,3,6-7,10-13,15-16H2,1-2H3. The Balaban J connectivity index is 1.46. The zero-order chi connectivity index (χ0) is 19.5. The Bertz CT molecular complexity index is 823. The molecular weight excluding hydrogens is 352 g/mol. The maximum absolute atomic E-state index is 13.0. The number of carbonyl (C=O) groups excluding carboxylic acids is 1. The number of benzene rings is 1. The van der Waals surface area contributed by atoms with Crippen molar-refractivity contribution in [3.8, 4) is 0 Å². The van der Waals surface area contributed by atoms with Gasteiger partial charge >= 0.3 is 0 Å². The van der Waals surface area contributed by atoms with Crippen molar-refractivity contribution < 1.29 is 13.9 Å². The number of aryl methyl sites for hydroxylation is 1. The van der Waals surface area contributed by atoms with Gasteiger partial charge in [-0.2, -0.15) is 0 Å². The number of fused-ring (bicyclic) bond motifs is 1. The van der Waals surface area contributed by atoms with Crippen LogP contribution in [0.25, 0.3) is 0 Å². The Hall–Kier alpha value is -2.11. The van der Waals surface area contributed by atoms with Crippen LogP contribution < -0.4 is 0 Å². The average Bonchev–Trinajstić information content (AvgIpc) is 3.37. The number of amides is 1. The van der Waals surface area contributed by atoms with E-state index in [9.17, 15) is 4.79 Å². The van der Waals surface area contributed by atoms with Crippen molar-refractivity contribution in [3.63, 3.8) is 0 Å². The molecule has 1 amide bonds. The van der Waals surface area contributed by atoms with Crippen LogP contribution in [0.4, 0.5) is 0 Å². The van der Waals surface area contributed by atoms with Gasteiger partial charge in [0.2, 0.25) is 0 Å². The minimum absolute atomic E-state index is 0.0750. The third kappa shape index (κ3) is 4.01. The Morgan fingerprint density at radius 2 is 2.04 bits per heavy atom. The van der Waals surface area contributed by atoms with E-state index in [2.05, 4.69) is 30.0 Å². The molecule has 2 aromatic rings. The highest BCUT2D eigenvalue weighted by Gasteiger charge is 2.26. The van der Waals surface area contributed by atoms with Crippen molar-refractivity contribution in [1.29, 1.82) is 0 Å². The molecule has 2 aliphatic rings. The maximum Gasteiger partial charge on any atom is 0.289 e. The predicted molar refractivity (Wildman–Crippen MR) is 108 cm³/mol. The average molecular weight is 383 g/mol. The Morgan fingerprint density at radius 3 is 2.82 bits per heavy atom. The van der Waals surface area contributed by atoms with E-state index in [1.807, 2.05) is 19.2 Å². The van der Waals surface area contributed by atoms with Gasteiger partial charge in [0.1, 0.15) is 11.9 Å². The van der Waals surface area contributed by atoms with E-state index < -0.39 is 0 Å². The predicted octanol–water partition coefficient (Wildman–Crippen LogP) is 3.82. The van der Waals surface area contributed by atoms with Gasteiger partial charge in [-0.15, -0.1) is 0 Å². The molecule has 1 saturated heterocycles. The third-order valence-electron chi connectivity index (χ3n) is 5.90. The molecule has 0 spiro atoms. The summed E-state index contributed by atoms with van der Waals surface area (Å²) in [6.45, 7) is 6.45. The molecule has 0 aliphatic carbocycles. The molecule has 150 valence electrons. The highest BCUT2D eigenvalue weighted by molar-refractivity contribution is 5.91. The van der Waals surface area contributed by atoms with Gasteiger partial charge in [-0.1, -0.05) is 31.2 Å². The minimum atomic E-state index is -0.0800. The van der Waals surface area contributed by atoms with E-state index in [0.29, 0.717) is 18.9 Å². The van der Waals surface area contributed by atoms with Crippen molar-refractivity contribution >= 4 is 5.91 Å². The number of carbonyl (C=O) groups is 1. The van der Waals surface area contributed by atoms with Crippen molar-refractivity contribution in [1.82, 2.24) is 9.80 Å². The number of likely N-dealkylation sites (N-methyl/N-ethyl adjacent to an activating group) is 1. The molecule has 1 aromatic carbocycles. The highest BCUT2D eigenvalue weighted by Crippen LogP contribution is 2.28. The number of hydrogen-bond acceptors (Lipinski definition) is 4. The van der Waals surface area contributed by atoms with Gasteiger partial charge in [0.05, 0.1) is 13.2 Å². The van der Waals surface area contributed by atoms with Crippen LogP contribution in [0.2, 0.25) is 0 Å². The number of hydrogen-bond donors (Lipinski definition) is 0. The van der Waals surface area contributed by atoms with Crippen LogP contribution in [0.5, 0.6) is 0 Å². The third-order valence-corrected chi connectivity index (χ3v) is 5.90. The molecule has 4 rings (SSSR count). The quantitative estimate of drug-likeness (QED) is 0.762. The second-order valence-corrected chi connectivity index (χ2v) is 7.89. The topological polar surface area (TPSA) is 45.9 Å². The van der Waals surface area contributed by atoms with Crippen LogP contribution in [-0.4, -0.2) is 49.0 Å². The van der Waals surface area contributed by atoms with Crippen LogP contribution in [-0.2, 0) is 24.1 Å². The summed E-state index contributed by atoms with van der Waals surface area (Å²) in [5.74, 6) is 1.30. The van der Waals surface area contributed by atoms with E-state index in [-0.39, 0.29) is 12.0 Å². The van der Waals surface area contributed by atoms with Crippen LogP contribution in [0.15, 0.2) is 34.7 Å². The number of likely N-dealkylation sites (tertiary alicyclic amines) is 1. The van der Waals surface area contributed by atoms with E-state index in [4.69, 9.17) is 9.15 Å². The van der Waals surface area contributed by atoms with Crippen molar-refractivity contribution in [2.45, 2.75) is 45.3 Å². The molecule has 0 bridgehead atoms. The minimum Gasteiger partial charge on any atom is -0.456 e. The first-order chi connectivity index (χ1) is 13.7. The van der Waals surface area contributed by atoms with Gasteiger partial charge in [0.15, 0.2) is 5.76 Å². The smallest absolute Gasteiger partial charge is 0.289 e. The number of furan rings is 1. The molecule has 0 radical (unpaired) electrons. The van der Waals surface area contributed by atoms with Gasteiger partial charge in [-0.05, 0) is 49.5 Å². The van der Waals surface area contributed by atoms with Crippen LogP contribution in [0.1, 0.15) is 58.9 Å². The second kappa shape index (κ2) is 8.50.